The minimum Gasteiger partial charge on any atom is -0.472 e. The Hall–Kier alpha value is -2.54. The lowest BCUT2D eigenvalue weighted by Gasteiger charge is -2.27. The van der Waals surface area contributed by atoms with Crippen LogP contribution in [0.3, 0.4) is 0 Å². The largest absolute Gasteiger partial charge is 0.472 e. The highest BCUT2D eigenvalue weighted by atomic mass is 19.1. The topological polar surface area (TPSA) is 57.7 Å². The summed E-state index contributed by atoms with van der Waals surface area (Å²) < 4.78 is 43.6. The predicted octanol–water partition coefficient (Wildman–Crippen LogP) is 3.54. The first-order valence-corrected chi connectivity index (χ1v) is 8.35. The zero-order valence-corrected chi connectivity index (χ0v) is 14.6. The van der Waals surface area contributed by atoms with Gasteiger partial charge in [-0.1, -0.05) is 0 Å². The molecule has 2 heterocycles. The second-order valence-electron chi connectivity index (χ2n) is 5.92. The molecule has 2 aromatic rings. The van der Waals surface area contributed by atoms with Crippen LogP contribution in [0.15, 0.2) is 24.3 Å². The molecule has 0 N–H and O–H groups in total. The summed E-state index contributed by atoms with van der Waals surface area (Å²) in [6.07, 6.45) is 1.03. The van der Waals surface area contributed by atoms with E-state index in [1.54, 1.807) is 14.0 Å². The fraction of sp³-hybridized carbons (Fsp3) is 0.368. The van der Waals surface area contributed by atoms with Gasteiger partial charge in [0.25, 0.3) is 0 Å². The predicted molar refractivity (Wildman–Crippen MR) is 90.2 cm³/mol. The molecule has 0 aliphatic carbocycles. The molecular weight excluding hydrogens is 344 g/mol. The summed E-state index contributed by atoms with van der Waals surface area (Å²) in [5, 5.41) is 0. The van der Waals surface area contributed by atoms with Crippen molar-refractivity contribution in [3.8, 4) is 17.0 Å². The molecule has 0 saturated carbocycles. The average Bonchev–Trinajstić information content (AvgIpc) is 2.61. The molecule has 1 aromatic carbocycles. The van der Waals surface area contributed by atoms with Gasteiger partial charge in [-0.2, -0.15) is 0 Å². The Morgan fingerprint density at radius 3 is 2.81 bits per heavy atom. The highest BCUT2D eigenvalue weighted by Crippen LogP contribution is 2.36. The van der Waals surface area contributed by atoms with Crippen LogP contribution in [0.4, 0.5) is 8.78 Å². The van der Waals surface area contributed by atoms with Crippen molar-refractivity contribution >= 4 is 5.97 Å². The van der Waals surface area contributed by atoms with Gasteiger partial charge in [0.05, 0.1) is 13.2 Å². The molecule has 1 aromatic heterocycles. The Kier molecular flexibility index (Phi) is 5.46. The molecule has 26 heavy (non-hydrogen) atoms. The number of hydrogen-bond donors (Lipinski definition) is 0. The third-order valence-corrected chi connectivity index (χ3v) is 4.14. The minimum absolute atomic E-state index is 0.0161. The number of carbonyl (C=O) groups is 1. The van der Waals surface area contributed by atoms with Gasteiger partial charge in [0.1, 0.15) is 17.7 Å². The monoisotopic (exact) mass is 363 g/mol. The minimum atomic E-state index is -0.716. The average molecular weight is 363 g/mol. The maximum atomic E-state index is 14.3. The number of fused-ring (bicyclic) bond motifs is 1. The molecule has 5 nitrogen and oxygen atoms in total. The molecule has 0 saturated heterocycles. The fourth-order valence-electron chi connectivity index (χ4n) is 2.97. The Morgan fingerprint density at radius 1 is 1.31 bits per heavy atom. The van der Waals surface area contributed by atoms with Gasteiger partial charge < -0.3 is 14.2 Å². The summed E-state index contributed by atoms with van der Waals surface area (Å²) in [4.78, 5) is 16.4. The van der Waals surface area contributed by atoms with E-state index in [1.807, 2.05) is 0 Å². The summed E-state index contributed by atoms with van der Waals surface area (Å²) >= 11 is 0. The van der Waals surface area contributed by atoms with Gasteiger partial charge in [0, 0.05) is 24.3 Å². The van der Waals surface area contributed by atoms with Crippen molar-refractivity contribution in [3.05, 3.63) is 47.2 Å². The normalized spacial score (nSPS) is 15.9. The number of carbonyl (C=O) groups excluding carboxylic acids is 1. The number of rotatable bonds is 5. The third kappa shape index (κ3) is 3.67. The van der Waals surface area contributed by atoms with E-state index in [4.69, 9.17) is 14.2 Å². The first-order valence-electron chi connectivity index (χ1n) is 8.35. The molecule has 0 radical (unpaired) electrons. The van der Waals surface area contributed by atoms with Crippen LogP contribution in [0.25, 0.3) is 11.1 Å². The molecule has 7 heteroatoms. The maximum absolute atomic E-state index is 14.3. The van der Waals surface area contributed by atoms with Gasteiger partial charge in [-0.25, -0.2) is 18.6 Å². The summed E-state index contributed by atoms with van der Waals surface area (Å²) in [5.74, 6) is -1.76. The lowest BCUT2D eigenvalue weighted by Crippen LogP contribution is -2.28. The quantitative estimate of drug-likeness (QED) is 0.761. The second kappa shape index (κ2) is 7.78. The standard InChI is InChI=1S/C19H19F2NO4/c1-3-25-19(23)17-9-15(13-6-4-11(20)8-16(13)21)14-7-5-12(10-24-2)26-18(14)22-17/h4,6,8-9,12H,3,5,7,10H2,1-2H3/t12-/m0/s1. The van der Waals surface area contributed by atoms with E-state index in [0.717, 1.165) is 6.07 Å². The van der Waals surface area contributed by atoms with E-state index in [2.05, 4.69) is 4.98 Å². The van der Waals surface area contributed by atoms with E-state index in [1.165, 1.54) is 18.2 Å². The molecule has 1 atom stereocenters. The number of nitrogens with zero attached hydrogens (tertiary/aromatic N) is 1. The van der Waals surface area contributed by atoms with Crippen molar-refractivity contribution in [1.29, 1.82) is 0 Å². The van der Waals surface area contributed by atoms with Crippen molar-refractivity contribution in [2.45, 2.75) is 25.9 Å². The van der Waals surface area contributed by atoms with Crippen LogP contribution in [-0.2, 0) is 15.9 Å². The number of halogens is 2. The van der Waals surface area contributed by atoms with Crippen molar-refractivity contribution < 1.29 is 27.8 Å². The van der Waals surface area contributed by atoms with Crippen molar-refractivity contribution in [1.82, 2.24) is 4.98 Å². The van der Waals surface area contributed by atoms with Crippen molar-refractivity contribution in [3.63, 3.8) is 0 Å². The Morgan fingerprint density at radius 2 is 2.12 bits per heavy atom. The lowest BCUT2D eigenvalue weighted by atomic mass is 9.94. The van der Waals surface area contributed by atoms with E-state index >= 15 is 0 Å². The van der Waals surface area contributed by atoms with Crippen LogP contribution in [0, 0.1) is 11.6 Å². The highest BCUT2D eigenvalue weighted by molar-refractivity contribution is 5.90. The van der Waals surface area contributed by atoms with Gasteiger partial charge in [-0.3, -0.25) is 0 Å². The summed E-state index contributed by atoms with van der Waals surface area (Å²) in [6, 6.07) is 4.79. The van der Waals surface area contributed by atoms with Crippen LogP contribution in [0.5, 0.6) is 5.88 Å². The first-order chi connectivity index (χ1) is 12.5. The van der Waals surface area contributed by atoms with Crippen LogP contribution in [-0.4, -0.2) is 37.4 Å². The van der Waals surface area contributed by atoms with Crippen LogP contribution >= 0.6 is 0 Å². The first kappa shape index (κ1) is 18.3. The van der Waals surface area contributed by atoms with Crippen molar-refractivity contribution in [2.24, 2.45) is 0 Å². The summed E-state index contributed by atoms with van der Waals surface area (Å²) in [7, 11) is 1.57. The number of aromatic nitrogens is 1. The Labute approximate surface area is 149 Å². The van der Waals surface area contributed by atoms with Crippen LogP contribution in [0.1, 0.15) is 29.4 Å². The number of ether oxygens (including phenoxy) is 3. The second-order valence-corrected chi connectivity index (χ2v) is 5.92. The molecular formula is C19H19F2NO4. The molecule has 3 rings (SSSR count). The smallest absolute Gasteiger partial charge is 0.357 e. The van der Waals surface area contributed by atoms with E-state index < -0.39 is 17.6 Å². The lowest BCUT2D eigenvalue weighted by molar-refractivity contribution is 0.0506. The number of methoxy groups -OCH3 is 1. The molecule has 0 bridgehead atoms. The number of pyridine rings is 1. The van der Waals surface area contributed by atoms with E-state index in [-0.39, 0.29) is 29.8 Å². The SMILES string of the molecule is CCOC(=O)c1cc(-c2ccc(F)cc2F)c2c(n1)O[C@H](COC)CC2. The summed E-state index contributed by atoms with van der Waals surface area (Å²) in [6.45, 7) is 2.25. The Balaban J connectivity index is 2.11. The molecule has 1 aliphatic heterocycles. The zero-order chi connectivity index (χ0) is 18.7. The molecule has 0 spiro atoms. The molecule has 0 amide bonds. The van der Waals surface area contributed by atoms with E-state index in [0.29, 0.717) is 30.6 Å². The number of benzene rings is 1. The summed E-state index contributed by atoms with van der Waals surface area (Å²) in [5.41, 5.74) is 1.33. The van der Waals surface area contributed by atoms with Gasteiger partial charge in [0.2, 0.25) is 5.88 Å². The van der Waals surface area contributed by atoms with Crippen LogP contribution < -0.4 is 4.74 Å². The molecule has 0 unspecified atom stereocenters. The third-order valence-electron chi connectivity index (χ3n) is 4.14. The zero-order valence-electron chi connectivity index (χ0n) is 14.6. The fourth-order valence-corrected chi connectivity index (χ4v) is 2.97. The maximum Gasteiger partial charge on any atom is 0.357 e. The number of hydrogen-bond acceptors (Lipinski definition) is 5. The van der Waals surface area contributed by atoms with Crippen molar-refractivity contribution in [2.75, 3.05) is 20.3 Å². The van der Waals surface area contributed by atoms with Gasteiger partial charge >= 0.3 is 5.97 Å². The molecule has 0 fully saturated rings. The van der Waals surface area contributed by atoms with E-state index in [9.17, 15) is 13.6 Å². The highest BCUT2D eigenvalue weighted by Gasteiger charge is 2.27. The Bertz CT molecular complexity index is 825. The number of esters is 1. The van der Waals surface area contributed by atoms with Crippen LogP contribution in [0.2, 0.25) is 0 Å². The van der Waals surface area contributed by atoms with Gasteiger partial charge in [-0.05, 0) is 43.5 Å². The molecule has 1 aliphatic rings. The molecule has 138 valence electrons. The van der Waals surface area contributed by atoms with Gasteiger partial charge in [-0.15, -0.1) is 0 Å². The van der Waals surface area contributed by atoms with Gasteiger partial charge in [0.15, 0.2) is 5.69 Å².